The van der Waals surface area contributed by atoms with Gasteiger partial charge < -0.3 is 20.3 Å². The van der Waals surface area contributed by atoms with E-state index in [1.54, 1.807) is 0 Å². The van der Waals surface area contributed by atoms with Gasteiger partial charge in [-0.25, -0.2) is 4.79 Å². The quantitative estimate of drug-likeness (QED) is 0.886. The molecule has 0 radical (unpaired) electrons. The minimum atomic E-state index is -4.45. The zero-order valence-corrected chi connectivity index (χ0v) is 13.2. The maximum atomic E-state index is 13.0. The molecule has 24 heavy (non-hydrogen) atoms. The molecule has 1 aromatic carbocycles. The lowest BCUT2D eigenvalue weighted by Gasteiger charge is -2.23. The topological polar surface area (TPSA) is 53.6 Å². The van der Waals surface area contributed by atoms with E-state index in [0.29, 0.717) is 25.3 Å². The van der Waals surface area contributed by atoms with Crippen molar-refractivity contribution >= 4 is 17.4 Å². The second-order valence-corrected chi connectivity index (χ2v) is 6.08. The van der Waals surface area contributed by atoms with Crippen LogP contribution in [0.5, 0.6) is 0 Å². The maximum absolute atomic E-state index is 13.0. The predicted molar refractivity (Wildman–Crippen MR) is 84.3 cm³/mol. The summed E-state index contributed by atoms with van der Waals surface area (Å²) < 4.78 is 44.1. The summed E-state index contributed by atoms with van der Waals surface area (Å²) >= 11 is 0. The Morgan fingerprint density at radius 1 is 1.25 bits per heavy atom. The minimum absolute atomic E-state index is 0.106. The summed E-state index contributed by atoms with van der Waals surface area (Å²) in [4.78, 5) is 14.1. The van der Waals surface area contributed by atoms with Gasteiger partial charge >= 0.3 is 12.2 Å². The first kappa shape index (κ1) is 16.9. The molecule has 0 saturated carbocycles. The number of carbonyl (C=O) groups excluding carboxylic acids is 1. The molecule has 1 aromatic rings. The molecule has 2 fully saturated rings. The fourth-order valence-corrected chi connectivity index (χ4v) is 3.04. The van der Waals surface area contributed by atoms with Gasteiger partial charge in [-0.2, -0.15) is 13.2 Å². The van der Waals surface area contributed by atoms with E-state index in [0.717, 1.165) is 38.1 Å². The van der Waals surface area contributed by atoms with Crippen molar-refractivity contribution < 1.29 is 22.7 Å². The van der Waals surface area contributed by atoms with E-state index in [1.807, 2.05) is 4.90 Å². The highest BCUT2D eigenvalue weighted by Gasteiger charge is 2.32. The summed E-state index contributed by atoms with van der Waals surface area (Å²) in [5.41, 5.74) is 0.0337. The summed E-state index contributed by atoms with van der Waals surface area (Å²) in [5.74, 6) is 0. The number of halogens is 3. The molecule has 132 valence electrons. The van der Waals surface area contributed by atoms with Crippen LogP contribution in [0, 0.1) is 0 Å². The van der Waals surface area contributed by atoms with E-state index < -0.39 is 17.8 Å². The molecule has 0 aliphatic carbocycles. The van der Waals surface area contributed by atoms with Crippen molar-refractivity contribution in [2.45, 2.75) is 31.5 Å². The van der Waals surface area contributed by atoms with E-state index in [9.17, 15) is 18.0 Å². The number of hydrogen-bond acceptors (Lipinski definition) is 3. The van der Waals surface area contributed by atoms with Crippen LogP contribution in [0.3, 0.4) is 0 Å². The smallest absolute Gasteiger partial charge is 0.379 e. The first-order valence-electron chi connectivity index (χ1n) is 8.05. The third kappa shape index (κ3) is 3.92. The number of alkyl halides is 3. The van der Waals surface area contributed by atoms with Gasteiger partial charge in [-0.1, -0.05) is 0 Å². The van der Waals surface area contributed by atoms with Crippen LogP contribution in [-0.4, -0.2) is 38.4 Å². The molecule has 1 atom stereocenters. The number of carbonyl (C=O) groups is 1. The molecule has 2 amide bonds. The largest absolute Gasteiger partial charge is 0.416 e. The van der Waals surface area contributed by atoms with Crippen molar-refractivity contribution in [2.75, 3.05) is 36.5 Å². The molecule has 8 heteroatoms. The minimum Gasteiger partial charge on any atom is -0.379 e. The number of nitrogens with one attached hydrogen (secondary N) is 2. The van der Waals surface area contributed by atoms with Crippen LogP contribution in [-0.2, 0) is 10.9 Å². The average molecular weight is 343 g/mol. The van der Waals surface area contributed by atoms with Crippen LogP contribution in [0.1, 0.15) is 24.8 Å². The Balaban J connectivity index is 1.80. The lowest BCUT2D eigenvalue weighted by Crippen LogP contribution is -2.38. The number of hydrogen-bond donors (Lipinski definition) is 2. The van der Waals surface area contributed by atoms with Gasteiger partial charge in [0.05, 0.1) is 29.6 Å². The van der Waals surface area contributed by atoms with E-state index in [2.05, 4.69) is 10.6 Å². The third-order valence-corrected chi connectivity index (χ3v) is 4.28. The normalized spacial score (nSPS) is 21.1. The number of ether oxygens (including phenoxy) is 1. The maximum Gasteiger partial charge on any atom is 0.416 e. The molecule has 3 rings (SSSR count). The third-order valence-electron chi connectivity index (χ3n) is 4.28. The Labute approximate surface area is 138 Å². The number of nitrogens with zero attached hydrogens (tertiary/aromatic N) is 1. The van der Waals surface area contributed by atoms with Crippen LogP contribution < -0.4 is 15.5 Å². The highest BCUT2D eigenvalue weighted by molar-refractivity contribution is 5.93. The summed E-state index contributed by atoms with van der Waals surface area (Å²) in [5, 5.41) is 5.31. The van der Waals surface area contributed by atoms with Crippen LogP contribution in [0.2, 0.25) is 0 Å². The highest BCUT2D eigenvalue weighted by atomic mass is 19.4. The molecular weight excluding hydrogens is 323 g/mol. The molecule has 2 saturated heterocycles. The lowest BCUT2D eigenvalue weighted by atomic mass is 10.1. The molecule has 2 heterocycles. The summed E-state index contributed by atoms with van der Waals surface area (Å²) in [6.07, 6.45) is -1.76. The standard InChI is InChI=1S/C16H20F3N3O2/c17-16(18,19)11-3-4-14(22-6-1-2-7-22)13(9-11)21-15(23)20-12-5-8-24-10-12/h3-4,9,12H,1-2,5-8,10H2,(H2,20,21,23)/t12-/m0/s1. The van der Waals surface area contributed by atoms with E-state index in [4.69, 9.17) is 4.74 Å². The Hall–Kier alpha value is -1.96. The van der Waals surface area contributed by atoms with Gasteiger partial charge in [-0.3, -0.25) is 0 Å². The Kier molecular flexibility index (Phi) is 4.84. The summed E-state index contributed by atoms with van der Waals surface area (Å²) in [7, 11) is 0. The van der Waals surface area contributed by atoms with E-state index in [-0.39, 0.29) is 11.7 Å². The van der Waals surface area contributed by atoms with Crippen molar-refractivity contribution in [3.63, 3.8) is 0 Å². The van der Waals surface area contributed by atoms with Crippen molar-refractivity contribution in [1.29, 1.82) is 0 Å². The molecular formula is C16H20F3N3O2. The second-order valence-electron chi connectivity index (χ2n) is 6.08. The molecule has 0 aromatic heterocycles. The summed E-state index contributed by atoms with van der Waals surface area (Å²) in [6.45, 7) is 2.55. The van der Waals surface area contributed by atoms with Gasteiger partial charge in [-0.05, 0) is 37.5 Å². The van der Waals surface area contributed by atoms with E-state index >= 15 is 0 Å². The molecule has 5 nitrogen and oxygen atoms in total. The predicted octanol–water partition coefficient (Wildman–Crippen LogP) is 3.22. The average Bonchev–Trinajstić information content (AvgIpc) is 3.19. The van der Waals surface area contributed by atoms with Crippen molar-refractivity contribution in [3.8, 4) is 0 Å². The Morgan fingerprint density at radius 3 is 2.62 bits per heavy atom. The van der Waals surface area contributed by atoms with Gasteiger partial charge in [0.1, 0.15) is 0 Å². The Bertz CT molecular complexity index is 595. The Morgan fingerprint density at radius 2 is 2.00 bits per heavy atom. The number of benzene rings is 1. The summed E-state index contributed by atoms with van der Waals surface area (Å²) in [6, 6.07) is 2.87. The monoisotopic (exact) mass is 343 g/mol. The number of urea groups is 1. The molecule has 0 bridgehead atoms. The molecule has 2 aliphatic rings. The number of anilines is 2. The van der Waals surface area contributed by atoms with Gasteiger partial charge in [0.15, 0.2) is 0 Å². The van der Waals surface area contributed by atoms with Crippen molar-refractivity contribution in [3.05, 3.63) is 23.8 Å². The SMILES string of the molecule is O=C(Nc1cc(C(F)(F)F)ccc1N1CCCC1)N[C@H]1CCOC1. The van der Waals surface area contributed by atoms with Crippen LogP contribution in [0.15, 0.2) is 18.2 Å². The number of amides is 2. The van der Waals surface area contributed by atoms with Gasteiger partial charge in [0.25, 0.3) is 0 Å². The molecule has 2 aliphatic heterocycles. The first-order chi connectivity index (χ1) is 11.4. The van der Waals surface area contributed by atoms with Gasteiger partial charge in [0.2, 0.25) is 0 Å². The van der Waals surface area contributed by atoms with E-state index in [1.165, 1.54) is 6.07 Å². The molecule has 2 N–H and O–H groups in total. The van der Waals surface area contributed by atoms with Gasteiger partial charge in [-0.15, -0.1) is 0 Å². The first-order valence-corrected chi connectivity index (χ1v) is 8.05. The van der Waals surface area contributed by atoms with Crippen LogP contribution >= 0.6 is 0 Å². The molecule has 0 spiro atoms. The van der Waals surface area contributed by atoms with Crippen molar-refractivity contribution in [2.24, 2.45) is 0 Å². The zero-order valence-electron chi connectivity index (χ0n) is 13.2. The lowest BCUT2D eigenvalue weighted by molar-refractivity contribution is -0.137. The highest BCUT2D eigenvalue weighted by Crippen LogP contribution is 2.36. The van der Waals surface area contributed by atoms with Crippen LogP contribution in [0.25, 0.3) is 0 Å². The zero-order chi connectivity index (χ0) is 17.2. The molecule has 0 unspecified atom stereocenters. The van der Waals surface area contributed by atoms with Crippen LogP contribution in [0.4, 0.5) is 29.3 Å². The fraction of sp³-hybridized carbons (Fsp3) is 0.562. The fourth-order valence-electron chi connectivity index (χ4n) is 3.04. The van der Waals surface area contributed by atoms with Gasteiger partial charge in [0, 0.05) is 19.7 Å². The number of rotatable bonds is 3. The van der Waals surface area contributed by atoms with Crippen molar-refractivity contribution in [1.82, 2.24) is 5.32 Å². The second kappa shape index (κ2) is 6.88.